The number of hydrogen-bond donors (Lipinski definition) is 1. The number of carbonyl (C=O) groups is 1. The highest BCUT2D eigenvalue weighted by molar-refractivity contribution is 5.76. The first-order valence-corrected chi connectivity index (χ1v) is 10.2. The molecule has 1 rings (SSSR count). The summed E-state index contributed by atoms with van der Waals surface area (Å²) >= 11 is 0. The summed E-state index contributed by atoms with van der Waals surface area (Å²) in [6.45, 7) is 2.24. The van der Waals surface area contributed by atoms with Gasteiger partial charge in [-0.15, -0.1) is 0 Å². The lowest BCUT2D eigenvalue weighted by Crippen LogP contribution is -2.24. The van der Waals surface area contributed by atoms with E-state index in [2.05, 4.69) is 60.8 Å². The third-order valence-corrected chi connectivity index (χ3v) is 4.17. The number of carbonyl (C=O) groups excluding carboxylic acids is 1. The van der Waals surface area contributed by atoms with Crippen molar-refractivity contribution < 1.29 is 4.79 Å². The third kappa shape index (κ3) is 15.7. The largest absolute Gasteiger partial charge is 0.353 e. The molecule has 0 aromatic carbocycles. The summed E-state index contributed by atoms with van der Waals surface area (Å²) in [5.74, 6) is 0.221. The summed E-state index contributed by atoms with van der Waals surface area (Å²) in [6.07, 6.45) is 31.0. The van der Waals surface area contributed by atoms with Crippen molar-refractivity contribution in [1.82, 2.24) is 5.32 Å². The van der Waals surface area contributed by atoms with Crippen molar-refractivity contribution in [2.24, 2.45) is 0 Å². The molecular formula is C23H37NO. The van der Waals surface area contributed by atoms with Crippen LogP contribution in [0.2, 0.25) is 0 Å². The lowest BCUT2D eigenvalue weighted by molar-refractivity contribution is -0.121. The zero-order valence-electron chi connectivity index (χ0n) is 16.1. The van der Waals surface area contributed by atoms with Gasteiger partial charge in [0.1, 0.15) is 0 Å². The van der Waals surface area contributed by atoms with E-state index in [1.54, 1.807) is 0 Å². The zero-order valence-corrected chi connectivity index (χ0v) is 16.1. The van der Waals surface area contributed by atoms with Crippen LogP contribution in [-0.2, 0) is 4.79 Å². The average molecular weight is 344 g/mol. The lowest BCUT2D eigenvalue weighted by atomic mass is 10.2. The van der Waals surface area contributed by atoms with E-state index in [0.29, 0.717) is 12.5 Å². The molecule has 0 atom stereocenters. The Labute approximate surface area is 155 Å². The first kappa shape index (κ1) is 21.5. The molecule has 1 amide bonds. The standard InChI is InChI=1S/C23H37NO/c1-2-3-4-5-6-7-8-9-10-11-12-13-14-15-16-17-18-19-23(25)24-22-20-21-22/h6-7,9-10,12-13,15-16,22H,2-5,8,11,14,17-21H2,1H3,(H,24,25)/b7-6+,10-9+,13-12+,16-15+. The maximum absolute atomic E-state index is 11.5. The van der Waals surface area contributed by atoms with Gasteiger partial charge in [-0.3, -0.25) is 4.79 Å². The summed E-state index contributed by atoms with van der Waals surface area (Å²) in [6, 6.07) is 0.490. The van der Waals surface area contributed by atoms with E-state index in [0.717, 1.165) is 32.1 Å². The molecule has 0 unspecified atom stereocenters. The molecule has 0 radical (unpaired) electrons. The van der Waals surface area contributed by atoms with Crippen molar-refractivity contribution in [2.75, 3.05) is 0 Å². The molecule has 1 N–H and O–H groups in total. The van der Waals surface area contributed by atoms with E-state index in [1.807, 2.05) is 0 Å². The molecular weight excluding hydrogens is 306 g/mol. The van der Waals surface area contributed by atoms with Crippen molar-refractivity contribution in [1.29, 1.82) is 0 Å². The highest BCUT2D eigenvalue weighted by Gasteiger charge is 2.22. The average Bonchev–Trinajstić information content (AvgIpc) is 3.41. The molecule has 0 aromatic rings. The van der Waals surface area contributed by atoms with Crippen LogP contribution < -0.4 is 5.32 Å². The van der Waals surface area contributed by atoms with Gasteiger partial charge >= 0.3 is 0 Å². The maximum Gasteiger partial charge on any atom is 0.220 e. The Morgan fingerprint density at radius 2 is 1.32 bits per heavy atom. The van der Waals surface area contributed by atoms with E-state index >= 15 is 0 Å². The SMILES string of the molecule is CCCCC/C=C/C/C=C/C/C=C/C/C=C/CCCC(=O)NC1CC1. The van der Waals surface area contributed by atoms with Crippen LogP contribution in [0.1, 0.15) is 84.0 Å². The molecule has 0 heterocycles. The van der Waals surface area contributed by atoms with Gasteiger partial charge in [0.15, 0.2) is 0 Å². The van der Waals surface area contributed by atoms with Crippen LogP contribution in [0.5, 0.6) is 0 Å². The number of hydrogen-bond acceptors (Lipinski definition) is 1. The van der Waals surface area contributed by atoms with Crippen LogP contribution in [0.15, 0.2) is 48.6 Å². The molecule has 1 saturated carbocycles. The molecule has 0 bridgehead atoms. The van der Waals surface area contributed by atoms with Crippen molar-refractivity contribution >= 4 is 5.91 Å². The highest BCUT2D eigenvalue weighted by atomic mass is 16.1. The Kier molecular flexibility index (Phi) is 13.7. The molecule has 2 nitrogen and oxygen atoms in total. The quantitative estimate of drug-likeness (QED) is 0.270. The van der Waals surface area contributed by atoms with Crippen LogP contribution in [0.3, 0.4) is 0 Å². The van der Waals surface area contributed by atoms with E-state index < -0.39 is 0 Å². The lowest BCUT2D eigenvalue weighted by Gasteiger charge is -2.00. The van der Waals surface area contributed by atoms with Crippen LogP contribution in [0.4, 0.5) is 0 Å². The smallest absolute Gasteiger partial charge is 0.220 e. The summed E-state index contributed by atoms with van der Waals surface area (Å²) in [5.41, 5.74) is 0. The molecule has 0 aliphatic heterocycles. The van der Waals surface area contributed by atoms with E-state index in [4.69, 9.17) is 0 Å². The van der Waals surface area contributed by atoms with Gasteiger partial charge in [-0.25, -0.2) is 0 Å². The molecule has 1 aliphatic rings. The van der Waals surface area contributed by atoms with Crippen LogP contribution in [-0.4, -0.2) is 11.9 Å². The normalized spacial score (nSPS) is 15.2. The number of amides is 1. The monoisotopic (exact) mass is 343 g/mol. The van der Waals surface area contributed by atoms with Gasteiger partial charge in [-0.05, 0) is 57.8 Å². The Morgan fingerprint density at radius 3 is 1.84 bits per heavy atom. The predicted molar refractivity (Wildman–Crippen MR) is 110 cm³/mol. The maximum atomic E-state index is 11.5. The van der Waals surface area contributed by atoms with Gasteiger partial charge in [0.05, 0.1) is 0 Å². The van der Waals surface area contributed by atoms with Crippen LogP contribution in [0, 0.1) is 0 Å². The molecule has 0 saturated heterocycles. The van der Waals surface area contributed by atoms with Gasteiger partial charge in [-0.2, -0.15) is 0 Å². The van der Waals surface area contributed by atoms with Crippen molar-refractivity contribution in [2.45, 2.75) is 90.0 Å². The Hall–Kier alpha value is -1.57. The Morgan fingerprint density at radius 1 is 0.800 bits per heavy atom. The second-order valence-electron chi connectivity index (χ2n) is 6.82. The van der Waals surface area contributed by atoms with E-state index in [1.165, 1.54) is 38.5 Å². The minimum absolute atomic E-state index is 0.221. The molecule has 140 valence electrons. The summed E-state index contributed by atoms with van der Waals surface area (Å²) < 4.78 is 0. The fourth-order valence-electron chi connectivity index (χ4n) is 2.47. The van der Waals surface area contributed by atoms with Gasteiger partial charge in [0.2, 0.25) is 5.91 Å². The topological polar surface area (TPSA) is 29.1 Å². The Balaban J connectivity index is 1.86. The molecule has 1 aliphatic carbocycles. The molecule has 0 aromatic heterocycles. The summed E-state index contributed by atoms with van der Waals surface area (Å²) in [5, 5.41) is 3.02. The first-order chi connectivity index (χ1) is 12.3. The zero-order chi connectivity index (χ0) is 18.0. The van der Waals surface area contributed by atoms with Crippen LogP contribution >= 0.6 is 0 Å². The van der Waals surface area contributed by atoms with E-state index in [-0.39, 0.29) is 5.91 Å². The minimum atomic E-state index is 0.221. The molecule has 0 spiro atoms. The second-order valence-corrected chi connectivity index (χ2v) is 6.82. The minimum Gasteiger partial charge on any atom is -0.353 e. The molecule has 2 heteroatoms. The second kappa shape index (κ2) is 15.9. The van der Waals surface area contributed by atoms with Crippen LogP contribution in [0.25, 0.3) is 0 Å². The number of nitrogens with one attached hydrogen (secondary N) is 1. The third-order valence-electron chi connectivity index (χ3n) is 4.17. The highest BCUT2D eigenvalue weighted by Crippen LogP contribution is 2.18. The molecule has 1 fully saturated rings. The van der Waals surface area contributed by atoms with Crippen molar-refractivity contribution in [3.63, 3.8) is 0 Å². The van der Waals surface area contributed by atoms with E-state index in [9.17, 15) is 4.79 Å². The predicted octanol–water partition coefficient (Wildman–Crippen LogP) is 6.41. The number of allylic oxidation sites excluding steroid dienone is 8. The summed E-state index contributed by atoms with van der Waals surface area (Å²) in [7, 11) is 0. The summed E-state index contributed by atoms with van der Waals surface area (Å²) in [4.78, 5) is 11.5. The number of unbranched alkanes of at least 4 members (excludes halogenated alkanes) is 4. The fourth-order valence-corrected chi connectivity index (χ4v) is 2.47. The Bertz CT molecular complexity index is 441. The van der Waals surface area contributed by atoms with Crippen molar-refractivity contribution in [3.8, 4) is 0 Å². The number of rotatable bonds is 15. The van der Waals surface area contributed by atoms with Gasteiger partial charge in [0.25, 0.3) is 0 Å². The first-order valence-electron chi connectivity index (χ1n) is 10.2. The fraction of sp³-hybridized carbons (Fsp3) is 0.609. The van der Waals surface area contributed by atoms with Crippen molar-refractivity contribution in [3.05, 3.63) is 48.6 Å². The molecule has 25 heavy (non-hydrogen) atoms. The van der Waals surface area contributed by atoms with Gasteiger partial charge in [0, 0.05) is 12.5 Å². The van der Waals surface area contributed by atoms with Gasteiger partial charge in [-0.1, -0.05) is 68.4 Å². The van der Waals surface area contributed by atoms with Gasteiger partial charge < -0.3 is 5.32 Å².